The van der Waals surface area contributed by atoms with Crippen LogP contribution in [0.1, 0.15) is 104 Å². The van der Waals surface area contributed by atoms with Crippen molar-refractivity contribution in [3.63, 3.8) is 0 Å². The number of hydrogen-bond donors (Lipinski definition) is 2. The molecule has 0 fully saturated rings. The summed E-state index contributed by atoms with van der Waals surface area (Å²) in [6, 6.07) is 0. The van der Waals surface area contributed by atoms with Crippen LogP contribution in [0.15, 0.2) is 0 Å². The van der Waals surface area contributed by atoms with E-state index in [1.54, 1.807) is 0 Å². The lowest BCUT2D eigenvalue weighted by Crippen LogP contribution is -2.45. The fourth-order valence-corrected chi connectivity index (χ4v) is 2.67. The summed E-state index contributed by atoms with van der Waals surface area (Å²) >= 11 is 0. The summed E-state index contributed by atoms with van der Waals surface area (Å²) < 4.78 is 0. The van der Waals surface area contributed by atoms with E-state index >= 15 is 0 Å². The largest absolute Gasteiger partial charge is 0.354 e. The van der Waals surface area contributed by atoms with E-state index in [9.17, 15) is 19.8 Å². The van der Waals surface area contributed by atoms with Gasteiger partial charge in [0.15, 0.2) is 11.6 Å². The summed E-state index contributed by atoms with van der Waals surface area (Å²) in [5.41, 5.74) is 0. The predicted molar refractivity (Wildman–Crippen MR) is 93.2 cm³/mol. The van der Waals surface area contributed by atoms with Crippen molar-refractivity contribution in [3.8, 4) is 0 Å². The van der Waals surface area contributed by atoms with Gasteiger partial charge in [0.1, 0.15) is 0 Å². The smallest absolute Gasteiger partial charge is 0.285 e. The minimum atomic E-state index is -2.78. The Bertz CT molecular complexity index is 323. The zero-order valence-electron chi connectivity index (χ0n) is 15.1. The molecule has 0 aliphatic carbocycles. The summed E-state index contributed by atoms with van der Waals surface area (Å²) in [5.74, 6) is -4.47. The van der Waals surface area contributed by atoms with E-state index in [-0.39, 0.29) is 6.42 Å². The van der Waals surface area contributed by atoms with Crippen LogP contribution < -0.4 is 0 Å². The van der Waals surface area contributed by atoms with Crippen LogP contribution in [0.25, 0.3) is 0 Å². The average Bonchev–Trinajstić information content (AvgIpc) is 2.51. The zero-order chi connectivity index (χ0) is 17.6. The fourth-order valence-electron chi connectivity index (χ4n) is 2.67. The fraction of sp³-hybridized carbons (Fsp3) is 0.895. The highest BCUT2D eigenvalue weighted by Gasteiger charge is 2.37. The maximum Gasteiger partial charge on any atom is 0.285 e. The SMILES string of the molecule is CCCCCCCCCCCCCCCC(=O)C(O)(O)C(C)=O. The summed E-state index contributed by atoms with van der Waals surface area (Å²) in [7, 11) is 0. The van der Waals surface area contributed by atoms with Crippen LogP contribution in [-0.2, 0) is 9.59 Å². The predicted octanol–water partition coefficient (Wildman–Crippen LogP) is 4.31. The first-order valence-electron chi connectivity index (χ1n) is 9.42. The molecule has 0 saturated carbocycles. The Morgan fingerprint density at radius 3 is 1.39 bits per heavy atom. The number of unbranched alkanes of at least 4 members (excludes halogenated alkanes) is 12. The summed E-state index contributed by atoms with van der Waals surface area (Å²) in [6.07, 6.45) is 15.8. The molecule has 0 aromatic carbocycles. The van der Waals surface area contributed by atoms with Gasteiger partial charge in [-0.3, -0.25) is 9.59 Å². The standard InChI is InChI=1S/C19H36O4/c1-3-4-5-6-7-8-9-10-11-12-13-14-15-16-18(21)19(22,23)17(2)20/h22-23H,3-16H2,1-2H3. The van der Waals surface area contributed by atoms with Crippen LogP contribution in [0, 0.1) is 0 Å². The normalized spacial score (nSPS) is 11.7. The molecule has 0 amide bonds. The highest BCUT2D eigenvalue weighted by atomic mass is 16.5. The monoisotopic (exact) mass is 328 g/mol. The summed E-state index contributed by atoms with van der Waals surface area (Å²) in [4.78, 5) is 22.4. The molecular weight excluding hydrogens is 292 g/mol. The van der Waals surface area contributed by atoms with Gasteiger partial charge in [-0.1, -0.05) is 84.0 Å². The van der Waals surface area contributed by atoms with Gasteiger partial charge in [-0.15, -0.1) is 0 Å². The van der Waals surface area contributed by atoms with Gasteiger partial charge in [0.05, 0.1) is 0 Å². The molecule has 0 aliphatic rings. The molecule has 0 spiro atoms. The summed E-state index contributed by atoms with van der Waals surface area (Å²) in [5, 5.41) is 18.6. The highest BCUT2D eigenvalue weighted by molar-refractivity contribution is 6.07. The molecular formula is C19H36O4. The minimum Gasteiger partial charge on any atom is -0.354 e. The van der Waals surface area contributed by atoms with Crippen molar-refractivity contribution in [2.75, 3.05) is 0 Å². The third kappa shape index (κ3) is 11.4. The van der Waals surface area contributed by atoms with Gasteiger partial charge < -0.3 is 10.2 Å². The Kier molecular flexibility index (Phi) is 13.2. The molecule has 0 aromatic rings. The van der Waals surface area contributed by atoms with Crippen molar-refractivity contribution in [2.24, 2.45) is 0 Å². The molecule has 0 bridgehead atoms. The van der Waals surface area contributed by atoms with E-state index in [2.05, 4.69) is 6.92 Å². The van der Waals surface area contributed by atoms with Gasteiger partial charge in [-0.25, -0.2) is 0 Å². The molecule has 4 nitrogen and oxygen atoms in total. The van der Waals surface area contributed by atoms with Crippen LogP contribution in [0.3, 0.4) is 0 Å². The number of aliphatic hydroxyl groups is 2. The van der Waals surface area contributed by atoms with Gasteiger partial charge in [0.25, 0.3) is 5.79 Å². The van der Waals surface area contributed by atoms with E-state index in [1.807, 2.05) is 0 Å². The number of hydrogen-bond acceptors (Lipinski definition) is 4. The Balaban J connectivity index is 3.34. The first kappa shape index (κ1) is 22.3. The van der Waals surface area contributed by atoms with E-state index in [0.717, 1.165) is 19.8 Å². The lowest BCUT2D eigenvalue weighted by atomic mass is 10.0. The molecule has 0 radical (unpaired) electrons. The maximum atomic E-state index is 11.5. The van der Waals surface area contributed by atoms with Crippen LogP contribution >= 0.6 is 0 Å². The van der Waals surface area contributed by atoms with E-state index in [1.165, 1.54) is 64.2 Å². The Labute approximate surface area is 141 Å². The van der Waals surface area contributed by atoms with Crippen molar-refractivity contribution in [2.45, 2.75) is 110 Å². The number of rotatable bonds is 16. The van der Waals surface area contributed by atoms with Crippen molar-refractivity contribution in [3.05, 3.63) is 0 Å². The van der Waals surface area contributed by atoms with Gasteiger partial charge in [-0.05, 0) is 6.42 Å². The van der Waals surface area contributed by atoms with Crippen molar-refractivity contribution < 1.29 is 19.8 Å². The van der Waals surface area contributed by atoms with Gasteiger partial charge in [0.2, 0.25) is 0 Å². The van der Waals surface area contributed by atoms with Crippen molar-refractivity contribution in [1.29, 1.82) is 0 Å². The third-order valence-electron chi connectivity index (χ3n) is 4.39. The second-order valence-corrected chi connectivity index (χ2v) is 6.64. The number of carbonyl (C=O) groups is 2. The molecule has 0 unspecified atom stereocenters. The van der Waals surface area contributed by atoms with Crippen LogP contribution in [0.2, 0.25) is 0 Å². The van der Waals surface area contributed by atoms with Crippen molar-refractivity contribution in [1.82, 2.24) is 0 Å². The Hall–Kier alpha value is -0.740. The second-order valence-electron chi connectivity index (χ2n) is 6.64. The summed E-state index contributed by atoms with van der Waals surface area (Å²) in [6.45, 7) is 3.25. The topological polar surface area (TPSA) is 74.6 Å². The van der Waals surface area contributed by atoms with Gasteiger partial charge in [-0.2, -0.15) is 0 Å². The second kappa shape index (κ2) is 13.7. The molecule has 0 aromatic heterocycles. The first-order valence-corrected chi connectivity index (χ1v) is 9.42. The van der Waals surface area contributed by atoms with Crippen molar-refractivity contribution >= 4 is 11.6 Å². The third-order valence-corrected chi connectivity index (χ3v) is 4.39. The molecule has 23 heavy (non-hydrogen) atoms. The zero-order valence-corrected chi connectivity index (χ0v) is 15.1. The average molecular weight is 328 g/mol. The Morgan fingerprint density at radius 2 is 1.04 bits per heavy atom. The lowest BCUT2D eigenvalue weighted by molar-refractivity contribution is -0.187. The van der Waals surface area contributed by atoms with Gasteiger partial charge in [0, 0.05) is 13.3 Å². The Morgan fingerprint density at radius 1 is 0.696 bits per heavy atom. The molecule has 0 atom stereocenters. The maximum absolute atomic E-state index is 11.5. The number of carbonyl (C=O) groups excluding carboxylic acids is 2. The molecule has 0 saturated heterocycles. The van der Waals surface area contributed by atoms with Crippen LogP contribution in [0.5, 0.6) is 0 Å². The first-order chi connectivity index (χ1) is 10.9. The van der Waals surface area contributed by atoms with Crippen LogP contribution in [0.4, 0.5) is 0 Å². The van der Waals surface area contributed by atoms with Crippen LogP contribution in [-0.4, -0.2) is 27.6 Å². The highest BCUT2D eigenvalue weighted by Crippen LogP contribution is 2.14. The lowest BCUT2D eigenvalue weighted by Gasteiger charge is -2.16. The minimum absolute atomic E-state index is 0.0599. The van der Waals surface area contributed by atoms with E-state index in [4.69, 9.17) is 0 Å². The molecule has 0 rings (SSSR count). The number of Topliss-reactive ketones (excluding diaryl/α,β-unsaturated/α-hetero) is 2. The van der Waals surface area contributed by atoms with E-state index in [0.29, 0.717) is 6.42 Å². The molecule has 0 aliphatic heterocycles. The number of ketones is 2. The molecule has 136 valence electrons. The van der Waals surface area contributed by atoms with E-state index < -0.39 is 17.4 Å². The van der Waals surface area contributed by atoms with Gasteiger partial charge >= 0.3 is 0 Å². The molecule has 2 N–H and O–H groups in total. The molecule has 4 heteroatoms. The quantitative estimate of drug-likeness (QED) is 0.251. The molecule has 0 heterocycles.